The van der Waals surface area contributed by atoms with Gasteiger partial charge < -0.3 is 14.9 Å². The monoisotopic (exact) mass is 260 g/mol. The Bertz CT molecular complexity index is 494. The molecule has 2 N–H and O–H groups in total. The number of nitrogens with zero attached hydrogens (tertiary/aromatic N) is 1. The highest BCUT2D eigenvalue weighted by molar-refractivity contribution is 5.19. The lowest BCUT2D eigenvalue weighted by Crippen LogP contribution is -1.97. The van der Waals surface area contributed by atoms with Crippen molar-refractivity contribution in [1.29, 1.82) is 0 Å². The van der Waals surface area contributed by atoms with Crippen molar-refractivity contribution in [3.05, 3.63) is 53.2 Å². The van der Waals surface area contributed by atoms with Crippen LogP contribution in [0.3, 0.4) is 0 Å². The Hall–Kier alpha value is -1.65. The van der Waals surface area contributed by atoms with E-state index in [1.165, 1.54) is 5.56 Å². The molecule has 0 aliphatic heterocycles. The average Bonchev–Trinajstić information content (AvgIpc) is 2.80. The fourth-order valence-corrected chi connectivity index (χ4v) is 1.96. The van der Waals surface area contributed by atoms with Crippen LogP contribution in [-0.2, 0) is 24.3 Å². The van der Waals surface area contributed by atoms with Crippen LogP contribution in [-0.4, -0.2) is 11.6 Å². The third-order valence-electron chi connectivity index (χ3n) is 3.00. The molecule has 0 fully saturated rings. The van der Waals surface area contributed by atoms with Crippen molar-refractivity contribution >= 4 is 0 Å². The molecule has 4 heteroatoms. The van der Waals surface area contributed by atoms with E-state index in [2.05, 4.69) is 4.98 Å². The van der Waals surface area contributed by atoms with Gasteiger partial charge in [-0.15, -0.1) is 0 Å². The maximum absolute atomic E-state index is 5.60. The van der Waals surface area contributed by atoms with Crippen molar-refractivity contribution in [2.75, 3.05) is 6.61 Å². The number of hydrogen-bond donors (Lipinski definition) is 1. The van der Waals surface area contributed by atoms with Gasteiger partial charge in [0.05, 0.1) is 6.54 Å². The molecule has 0 aliphatic carbocycles. The van der Waals surface area contributed by atoms with Crippen molar-refractivity contribution in [2.24, 2.45) is 5.73 Å². The van der Waals surface area contributed by atoms with Crippen molar-refractivity contribution in [3.8, 4) is 0 Å². The fourth-order valence-electron chi connectivity index (χ4n) is 1.96. The van der Waals surface area contributed by atoms with Gasteiger partial charge in [0.2, 0.25) is 0 Å². The molecule has 2 aromatic heterocycles. The normalized spacial score (nSPS) is 10.8. The molecule has 0 spiro atoms. The zero-order valence-corrected chi connectivity index (χ0v) is 11.3. The van der Waals surface area contributed by atoms with Gasteiger partial charge in [-0.25, -0.2) is 0 Å². The van der Waals surface area contributed by atoms with Crippen LogP contribution in [0.25, 0.3) is 0 Å². The van der Waals surface area contributed by atoms with Gasteiger partial charge in [-0.3, -0.25) is 4.98 Å². The Morgan fingerprint density at radius 3 is 2.79 bits per heavy atom. The SMILES string of the molecule is Cc1cc(COCCCc2ccncc2)oc1CN. The summed E-state index contributed by atoms with van der Waals surface area (Å²) in [4.78, 5) is 3.99. The van der Waals surface area contributed by atoms with Gasteiger partial charge in [0.15, 0.2) is 0 Å². The first kappa shape index (κ1) is 13.8. The highest BCUT2D eigenvalue weighted by Gasteiger charge is 2.05. The number of rotatable bonds is 7. The summed E-state index contributed by atoms with van der Waals surface area (Å²) in [6.45, 7) is 3.67. The summed E-state index contributed by atoms with van der Waals surface area (Å²) in [5.41, 5.74) is 7.95. The molecule has 0 bridgehead atoms. The predicted molar refractivity (Wildman–Crippen MR) is 73.6 cm³/mol. The maximum Gasteiger partial charge on any atom is 0.130 e. The van der Waals surface area contributed by atoms with Gasteiger partial charge in [0.1, 0.15) is 18.1 Å². The van der Waals surface area contributed by atoms with Crippen LogP contribution in [0, 0.1) is 6.92 Å². The van der Waals surface area contributed by atoms with Gasteiger partial charge in [-0.2, -0.15) is 0 Å². The summed E-state index contributed by atoms with van der Waals surface area (Å²) >= 11 is 0. The molecule has 0 aromatic carbocycles. The molecule has 2 heterocycles. The summed E-state index contributed by atoms with van der Waals surface area (Å²) in [5, 5.41) is 0. The van der Waals surface area contributed by atoms with Gasteiger partial charge in [0, 0.05) is 19.0 Å². The Morgan fingerprint density at radius 2 is 2.11 bits per heavy atom. The number of ether oxygens (including phenoxy) is 1. The topological polar surface area (TPSA) is 61.3 Å². The summed E-state index contributed by atoms with van der Waals surface area (Å²) < 4.78 is 11.2. The van der Waals surface area contributed by atoms with Crippen LogP contribution in [0.4, 0.5) is 0 Å². The molecule has 102 valence electrons. The standard InChI is InChI=1S/C15H20N2O2/c1-12-9-14(19-15(12)10-16)11-18-8-2-3-13-4-6-17-7-5-13/h4-7,9H,2-3,8,10-11,16H2,1H3. The molecule has 0 radical (unpaired) electrons. The van der Waals surface area contributed by atoms with Gasteiger partial charge in [0.25, 0.3) is 0 Å². The molecule has 0 saturated heterocycles. The quantitative estimate of drug-likeness (QED) is 0.777. The van der Waals surface area contributed by atoms with E-state index in [9.17, 15) is 0 Å². The Morgan fingerprint density at radius 1 is 1.32 bits per heavy atom. The van der Waals surface area contributed by atoms with E-state index in [4.69, 9.17) is 14.9 Å². The third-order valence-corrected chi connectivity index (χ3v) is 3.00. The minimum Gasteiger partial charge on any atom is -0.462 e. The molecule has 0 aliphatic rings. The molecule has 2 aromatic rings. The van der Waals surface area contributed by atoms with Crippen molar-refractivity contribution < 1.29 is 9.15 Å². The van der Waals surface area contributed by atoms with E-state index in [1.807, 2.05) is 37.5 Å². The highest BCUT2D eigenvalue weighted by Crippen LogP contribution is 2.14. The smallest absolute Gasteiger partial charge is 0.130 e. The number of nitrogens with two attached hydrogens (primary N) is 1. The zero-order valence-electron chi connectivity index (χ0n) is 11.3. The summed E-state index contributed by atoms with van der Waals surface area (Å²) in [6.07, 6.45) is 5.63. The predicted octanol–water partition coefficient (Wildman–Crippen LogP) is 2.59. The van der Waals surface area contributed by atoms with Crippen LogP contribution in [0.5, 0.6) is 0 Å². The summed E-state index contributed by atoms with van der Waals surface area (Å²) in [5.74, 6) is 1.69. The first-order valence-corrected chi connectivity index (χ1v) is 6.54. The van der Waals surface area contributed by atoms with E-state index in [-0.39, 0.29) is 0 Å². The second kappa shape index (κ2) is 7.07. The first-order chi connectivity index (χ1) is 9.29. The number of furan rings is 1. The average molecular weight is 260 g/mol. The molecule has 4 nitrogen and oxygen atoms in total. The van der Waals surface area contributed by atoms with Crippen molar-refractivity contribution in [2.45, 2.75) is 32.9 Å². The minimum atomic E-state index is 0.438. The summed E-state index contributed by atoms with van der Waals surface area (Å²) in [7, 11) is 0. The van der Waals surface area contributed by atoms with E-state index in [0.717, 1.165) is 36.5 Å². The second-order valence-corrected chi connectivity index (χ2v) is 4.53. The van der Waals surface area contributed by atoms with Crippen LogP contribution in [0.2, 0.25) is 0 Å². The zero-order chi connectivity index (χ0) is 13.5. The van der Waals surface area contributed by atoms with Gasteiger partial charge in [-0.05, 0) is 49.1 Å². The fraction of sp³-hybridized carbons (Fsp3) is 0.400. The van der Waals surface area contributed by atoms with Crippen molar-refractivity contribution in [3.63, 3.8) is 0 Å². The van der Waals surface area contributed by atoms with Crippen LogP contribution in [0.1, 0.15) is 29.1 Å². The molecular formula is C15H20N2O2. The molecule has 0 saturated carbocycles. The number of pyridine rings is 1. The molecule has 0 unspecified atom stereocenters. The lowest BCUT2D eigenvalue weighted by molar-refractivity contribution is 0.103. The number of aromatic nitrogens is 1. The highest BCUT2D eigenvalue weighted by atomic mass is 16.5. The van der Waals surface area contributed by atoms with Crippen molar-refractivity contribution in [1.82, 2.24) is 4.98 Å². The Kier molecular flexibility index (Phi) is 5.12. The largest absolute Gasteiger partial charge is 0.462 e. The first-order valence-electron chi connectivity index (χ1n) is 6.54. The van der Waals surface area contributed by atoms with Crippen LogP contribution < -0.4 is 5.73 Å². The molecule has 0 amide bonds. The molecular weight excluding hydrogens is 240 g/mol. The lowest BCUT2D eigenvalue weighted by Gasteiger charge is -2.02. The van der Waals surface area contributed by atoms with Gasteiger partial charge in [-0.1, -0.05) is 0 Å². The second-order valence-electron chi connectivity index (χ2n) is 4.53. The lowest BCUT2D eigenvalue weighted by atomic mass is 10.1. The van der Waals surface area contributed by atoms with Gasteiger partial charge >= 0.3 is 0 Å². The van der Waals surface area contributed by atoms with E-state index in [1.54, 1.807) is 0 Å². The molecule has 19 heavy (non-hydrogen) atoms. The maximum atomic E-state index is 5.60. The summed E-state index contributed by atoms with van der Waals surface area (Å²) in [6, 6.07) is 6.05. The van der Waals surface area contributed by atoms with Crippen LogP contribution in [0.15, 0.2) is 35.0 Å². The van der Waals surface area contributed by atoms with Crippen LogP contribution >= 0.6 is 0 Å². The van der Waals surface area contributed by atoms with E-state index >= 15 is 0 Å². The molecule has 2 rings (SSSR count). The minimum absolute atomic E-state index is 0.438. The third kappa shape index (κ3) is 4.19. The number of hydrogen-bond acceptors (Lipinski definition) is 4. The Balaban J connectivity index is 1.66. The van der Waals surface area contributed by atoms with E-state index in [0.29, 0.717) is 13.2 Å². The number of aryl methyl sites for hydroxylation is 2. The molecule has 0 atom stereocenters. The van der Waals surface area contributed by atoms with E-state index < -0.39 is 0 Å². The Labute approximate surface area is 113 Å².